The highest BCUT2D eigenvalue weighted by molar-refractivity contribution is 5.90. The minimum atomic E-state index is -1.01. The van der Waals surface area contributed by atoms with Crippen LogP contribution in [-0.2, 0) is 20.8 Å². The minimum absolute atomic E-state index is 0.0326. The quantitative estimate of drug-likeness (QED) is 0.500. The lowest BCUT2D eigenvalue weighted by molar-refractivity contribution is -0.140. The molecule has 1 saturated heterocycles. The van der Waals surface area contributed by atoms with Gasteiger partial charge in [0.15, 0.2) is 0 Å². The molecular weight excluding hydrogens is 394 g/mol. The molecular formula is C24H37N3O4. The fraction of sp³-hybridized carbons (Fsp3) is 0.625. The van der Waals surface area contributed by atoms with Gasteiger partial charge in [0, 0.05) is 13.1 Å². The van der Waals surface area contributed by atoms with Gasteiger partial charge in [-0.2, -0.15) is 0 Å². The van der Waals surface area contributed by atoms with Crippen LogP contribution in [0.2, 0.25) is 0 Å². The fourth-order valence-electron chi connectivity index (χ4n) is 3.92. The Morgan fingerprint density at radius 3 is 2.23 bits per heavy atom. The Morgan fingerprint density at radius 2 is 1.65 bits per heavy atom. The van der Waals surface area contributed by atoms with Crippen molar-refractivity contribution in [2.24, 2.45) is 5.92 Å². The van der Waals surface area contributed by atoms with Crippen LogP contribution >= 0.6 is 0 Å². The Balaban J connectivity index is 2.10. The maximum Gasteiger partial charge on any atom is 0.320 e. The molecule has 0 unspecified atom stereocenters. The van der Waals surface area contributed by atoms with Crippen LogP contribution in [0, 0.1) is 5.92 Å². The van der Waals surface area contributed by atoms with E-state index in [9.17, 15) is 19.5 Å². The summed E-state index contributed by atoms with van der Waals surface area (Å²) in [6.07, 6.45) is 4.74. The minimum Gasteiger partial charge on any atom is -0.480 e. The molecule has 1 aromatic rings. The SMILES string of the molecule is CC(C)C[C@H](NC(=O)[C@H](CCc1ccccc1)N[C@H](C)C(=O)O)C(=O)N1CCCCC1. The summed E-state index contributed by atoms with van der Waals surface area (Å²) in [6, 6.07) is 7.62. The van der Waals surface area contributed by atoms with Crippen molar-refractivity contribution in [3.05, 3.63) is 35.9 Å². The number of carbonyl (C=O) groups excluding carboxylic acids is 2. The van der Waals surface area contributed by atoms with Gasteiger partial charge in [-0.1, -0.05) is 44.2 Å². The Morgan fingerprint density at radius 1 is 1.00 bits per heavy atom. The van der Waals surface area contributed by atoms with Crippen LogP contribution < -0.4 is 10.6 Å². The topological polar surface area (TPSA) is 98.7 Å². The lowest BCUT2D eigenvalue weighted by Gasteiger charge is -2.32. The van der Waals surface area contributed by atoms with Gasteiger partial charge in [0.2, 0.25) is 11.8 Å². The van der Waals surface area contributed by atoms with Crippen LogP contribution in [0.1, 0.15) is 58.4 Å². The van der Waals surface area contributed by atoms with Gasteiger partial charge in [0.05, 0.1) is 6.04 Å². The monoisotopic (exact) mass is 431 g/mol. The van der Waals surface area contributed by atoms with Gasteiger partial charge in [-0.3, -0.25) is 19.7 Å². The van der Waals surface area contributed by atoms with Crippen LogP contribution in [-0.4, -0.2) is 59.0 Å². The maximum atomic E-state index is 13.2. The van der Waals surface area contributed by atoms with E-state index in [4.69, 9.17) is 0 Å². The summed E-state index contributed by atoms with van der Waals surface area (Å²) in [7, 11) is 0. The van der Waals surface area contributed by atoms with E-state index in [0.717, 1.165) is 37.9 Å². The predicted molar refractivity (Wildman–Crippen MR) is 121 cm³/mol. The van der Waals surface area contributed by atoms with Crippen LogP contribution in [0.15, 0.2) is 30.3 Å². The number of aliphatic carboxylic acids is 1. The zero-order chi connectivity index (χ0) is 22.8. The highest BCUT2D eigenvalue weighted by Crippen LogP contribution is 2.15. The van der Waals surface area contributed by atoms with Crippen molar-refractivity contribution in [3.63, 3.8) is 0 Å². The number of carboxylic acids is 1. The normalized spacial score (nSPS) is 17.1. The number of nitrogens with zero attached hydrogens (tertiary/aromatic N) is 1. The summed E-state index contributed by atoms with van der Waals surface area (Å²) in [4.78, 5) is 39.5. The Kier molecular flexibility index (Phi) is 9.98. The van der Waals surface area contributed by atoms with Crippen LogP contribution in [0.25, 0.3) is 0 Å². The van der Waals surface area contributed by atoms with E-state index in [1.54, 1.807) is 0 Å². The number of aryl methyl sites for hydroxylation is 1. The fourth-order valence-corrected chi connectivity index (χ4v) is 3.92. The molecule has 7 heteroatoms. The van der Waals surface area contributed by atoms with Crippen molar-refractivity contribution < 1.29 is 19.5 Å². The third kappa shape index (κ3) is 8.32. The molecule has 0 spiro atoms. The number of carbonyl (C=O) groups is 3. The van der Waals surface area contributed by atoms with Gasteiger partial charge >= 0.3 is 5.97 Å². The van der Waals surface area contributed by atoms with E-state index in [1.807, 2.05) is 49.1 Å². The largest absolute Gasteiger partial charge is 0.480 e. The molecule has 0 saturated carbocycles. The van der Waals surface area contributed by atoms with Gasteiger partial charge in [0.25, 0.3) is 0 Å². The highest BCUT2D eigenvalue weighted by Gasteiger charge is 2.31. The van der Waals surface area contributed by atoms with Crippen molar-refractivity contribution in [2.75, 3.05) is 13.1 Å². The molecule has 3 N–H and O–H groups in total. The van der Waals surface area contributed by atoms with Crippen molar-refractivity contribution >= 4 is 17.8 Å². The molecule has 31 heavy (non-hydrogen) atoms. The van der Waals surface area contributed by atoms with E-state index < -0.39 is 24.1 Å². The first-order valence-electron chi connectivity index (χ1n) is 11.4. The summed E-state index contributed by atoms with van der Waals surface area (Å²) >= 11 is 0. The molecule has 0 radical (unpaired) electrons. The molecule has 1 aliphatic heterocycles. The first-order valence-corrected chi connectivity index (χ1v) is 11.4. The third-order valence-electron chi connectivity index (χ3n) is 5.69. The van der Waals surface area contributed by atoms with Gasteiger partial charge in [0.1, 0.15) is 12.1 Å². The number of piperidine rings is 1. The molecule has 0 bridgehead atoms. The number of hydrogen-bond acceptors (Lipinski definition) is 4. The number of likely N-dealkylation sites (tertiary alicyclic amines) is 1. The van der Waals surface area contributed by atoms with Gasteiger partial charge in [-0.25, -0.2) is 0 Å². The average Bonchev–Trinajstić information content (AvgIpc) is 2.76. The molecule has 1 fully saturated rings. The molecule has 0 aromatic heterocycles. The molecule has 1 heterocycles. The molecule has 172 valence electrons. The lowest BCUT2D eigenvalue weighted by Crippen LogP contribution is -2.56. The zero-order valence-electron chi connectivity index (χ0n) is 19.0. The molecule has 1 aromatic carbocycles. The van der Waals surface area contributed by atoms with Gasteiger partial charge < -0.3 is 15.3 Å². The summed E-state index contributed by atoms with van der Waals surface area (Å²) in [5.74, 6) is -1.12. The van der Waals surface area contributed by atoms with E-state index >= 15 is 0 Å². The van der Waals surface area contributed by atoms with E-state index in [1.165, 1.54) is 6.92 Å². The molecule has 3 atom stereocenters. The number of carboxylic acid groups (broad SMARTS) is 1. The summed E-state index contributed by atoms with van der Waals surface area (Å²) in [5, 5.41) is 15.2. The first kappa shape index (κ1) is 24.9. The van der Waals surface area contributed by atoms with Crippen LogP contribution in [0.3, 0.4) is 0 Å². The second kappa shape index (κ2) is 12.4. The predicted octanol–water partition coefficient (Wildman–Crippen LogP) is 2.59. The average molecular weight is 432 g/mol. The maximum absolute atomic E-state index is 13.2. The Bertz CT molecular complexity index is 717. The third-order valence-corrected chi connectivity index (χ3v) is 5.69. The molecule has 1 aliphatic rings. The molecule has 7 nitrogen and oxygen atoms in total. The van der Waals surface area contributed by atoms with E-state index in [-0.39, 0.29) is 17.7 Å². The van der Waals surface area contributed by atoms with Crippen LogP contribution in [0.4, 0.5) is 0 Å². The summed E-state index contributed by atoms with van der Waals surface area (Å²) in [6.45, 7) is 7.04. The standard InChI is InChI=1S/C24H37N3O4/c1-17(2)16-21(23(29)27-14-8-5-9-15-27)26-22(28)20(25-18(3)24(30)31)13-12-19-10-6-4-7-11-19/h4,6-7,10-11,17-18,20-21,25H,5,8-9,12-16H2,1-3H3,(H,26,28)(H,30,31)/t18-,20+,21+/m1/s1. The number of amides is 2. The van der Waals surface area contributed by atoms with E-state index in [2.05, 4.69) is 10.6 Å². The Hall–Kier alpha value is -2.41. The number of benzene rings is 1. The molecule has 0 aliphatic carbocycles. The molecule has 2 amide bonds. The number of hydrogen-bond donors (Lipinski definition) is 3. The van der Waals surface area contributed by atoms with Gasteiger partial charge in [-0.05, 0) is 56.9 Å². The second-order valence-electron chi connectivity index (χ2n) is 8.88. The Labute approximate surface area is 185 Å². The van der Waals surface area contributed by atoms with Crippen molar-refractivity contribution in [1.82, 2.24) is 15.5 Å². The second-order valence-corrected chi connectivity index (χ2v) is 8.88. The van der Waals surface area contributed by atoms with Crippen LogP contribution in [0.5, 0.6) is 0 Å². The van der Waals surface area contributed by atoms with Gasteiger partial charge in [-0.15, -0.1) is 0 Å². The molecule has 2 rings (SSSR count). The zero-order valence-corrected chi connectivity index (χ0v) is 19.0. The lowest BCUT2D eigenvalue weighted by atomic mass is 9.99. The van der Waals surface area contributed by atoms with E-state index in [0.29, 0.717) is 19.3 Å². The van der Waals surface area contributed by atoms with Crippen molar-refractivity contribution in [1.29, 1.82) is 0 Å². The van der Waals surface area contributed by atoms with Crippen molar-refractivity contribution in [2.45, 2.75) is 77.4 Å². The summed E-state index contributed by atoms with van der Waals surface area (Å²) in [5.41, 5.74) is 1.08. The highest BCUT2D eigenvalue weighted by atomic mass is 16.4. The summed E-state index contributed by atoms with van der Waals surface area (Å²) < 4.78 is 0. The number of rotatable bonds is 11. The smallest absolute Gasteiger partial charge is 0.320 e. The number of nitrogens with one attached hydrogen (secondary N) is 2. The van der Waals surface area contributed by atoms with Crippen molar-refractivity contribution in [3.8, 4) is 0 Å². The first-order chi connectivity index (χ1) is 14.8.